The van der Waals surface area contributed by atoms with Crippen LogP contribution in [-0.4, -0.2) is 29.9 Å². The van der Waals surface area contributed by atoms with Gasteiger partial charge in [-0.2, -0.15) is 0 Å². The Hall–Kier alpha value is -3.87. The van der Waals surface area contributed by atoms with Crippen molar-refractivity contribution in [2.75, 3.05) is 5.32 Å². The van der Waals surface area contributed by atoms with Gasteiger partial charge in [0.1, 0.15) is 11.3 Å². The molecule has 0 fully saturated rings. The maximum Gasteiger partial charge on any atom is 0.180 e. The fourth-order valence-corrected chi connectivity index (χ4v) is 3.01. The quantitative estimate of drug-likeness (QED) is 0.532. The van der Waals surface area contributed by atoms with Crippen LogP contribution in [0.15, 0.2) is 73.2 Å². The Kier molecular flexibility index (Phi) is 3.68. The van der Waals surface area contributed by atoms with Crippen LogP contribution < -0.4 is 5.32 Å². The zero-order valence-corrected chi connectivity index (χ0v) is 14.3. The maximum atomic E-state index is 4.68. The van der Waals surface area contributed by atoms with Crippen LogP contribution in [0.3, 0.4) is 0 Å². The summed E-state index contributed by atoms with van der Waals surface area (Å²) >= 11 is 0. The second-order valence-corrected chi connectivity index (χ2v) is 6.18. The molecular weight excluding hydrogens is 338 g/mol. The van der Waals surface area contributed by atoms with Gasteiger partial charge in [-0.25, -0.2) is 9.67 Å². The number of fused-ring (bicyclic) bond motifs is 2. The van der Waals surface area contributed by atoms with Gasteiger partial charge in [-0.05, 0) is 48.0 Å². The molecule has 130 valence electrons. The van der Waals surface area contributed by atoms with E-state index in [1.807, 2.05) is 36.4 Å². The molecule has 4 aromatic heterocycles. The predicted molar refractivity (Wildman–Crippen MR) is 104 cm³/mol. The molecule has 1 N–H and O–H groups in total. The molecule has 0 saturated heterocycles. The molecule has 5 aromatic rings. The number of benzene rings is 1. The van der Waals surface area contributed by atoms with Crippen molar-refractivity contribution < 1.29 is 0 Å². The summed E-state index contributed by atoms with van der Waals surface area (Å²) in [5.41, 5.74) is 4.47. The monoisotopic (exact) mass is 353 g/mol. The van der Waals surface area contributed by atoms with Gasteiger partial charge in [0.2, 0.25) is 0 Å². The van der Waals surface area contributed by atoms with Gasteiger partial charge >= 0.3 is 0 Å². The molecule has 4 heterocycles. The van der Waals surface area contributed by atoms with Crippen molar-refractivity contribution in [2.24, 2.45) is 0 Å². The highest BCUT2D eigenvalue weighted by Gasteiger charge is 2.09. The highest BCUT2D eigenvalue weighted by molar-refractivity contribution is 5.79. The standard InChI is InChI=1S/C20H15N7/c1-3-15-11-14(5-6-17(15)22-10-1)13-27-20-18(25-26-27)7-8-19(24-20)23-16-4-2-9-21-12-16/h1-12H,13H2,(H,23,24). The van der Waals surface area contributed by atoms with Crippen LogP contribution in [0.4, 0.5) is 11.5 Å². The molecule has 5 rings (SSSR count). The molecular formula is C20H15N7. The van der Waals surface area contributed by atoms with Crippen molar-refractivity contribution in [3.05, 3.63) is 78.8 Å². The second kappa shape index (κ2) is 6.45. The lowest BCUT2D eigenvalue weighted by Gasteiger charge is -2.06. The van der Waals surface area contributed by atoms with Gasteiger partial charge < -0.3 is 5.32 Å². The number of aromatic nitrogens is 6. The Morgan fingerprint density at radius 3 is 2.78 bits per heavy atom. The minimum absolute atomic E-state index is 0.588. The van der Waals surface area contributed by atoms with Gasteiger partial charge in [0.05, 0.1) is 23.9 Å². The molecule has 0 aliphatic carbocycles. The average Bonchev–Trinajstić information content (AvgIpc) is 3.11. The minimum Gasteiger partial charge on any atom is -0.339 e. The van der Waals surface area contributed by atoms with E-state index in [1.165, 1.54) is 0 Å². The SMILES string of the molecule is c1cncc(Nc2ccc3nnn(Cc4ccc5ncccc5c4)c3n2)c1. The number of hydrogen-bond acceptors (Lipinski definition) is 6. The van der Waals surface area contributed by atoms with Gasteiger partial charge in [-0.15, -0.1) is 5.10 Å². The zero-order valence-electron chi connectivity index (χ0n) is 14.3. The van der Waals surface area contributed by atoms with Crippen molar-refractivity contribution in [2.45, 2.75) is 6.54 Å². The van der Waals surface area contributed by atoms with Crippen molar-refractivity contribution in [1.29, 1.82) is 0 Å². The number of hydrogen-bond donors (Lipinski definition) is 1. The molecule has 7 nitrogen and oxygen atoms in total. The summed E-state index contributed by atoms with van der Waals surface area (Å²) in [6.45, 7) is 0.588. The van der Waals surface area contributed by atoms with Gasteiger partial charge in [-0.3, -0.25) is 9.97 Å². The first-order valence-corrected chi connectivity index (χ1v) is 8.56. The second-order valence-electron chi connectivity index (χ2n) is 6.18. The topological polar surface area (TPSA) is 81.4 Å². The van der Waals surface area contributed by atoms with Crippen molar-refractivity contribution in [3.63, 3.8) is 0 Å². The van der Waals surface area contributed by atoms with E-state index in [-0.39, 0.29) is 0 Å². The maximum absolute atomic E-state index is 4.68. The highest BCUT2D eigenvalue weighted by atomic mass is 15.4. The fraction of sp³-hybridized carbons (Fsp3) is 0.0500. The van der Waals surface area contributed by atoms with Crippen molar-refractivity contribution in [1.82, 2.24) is 29.9 Å². The molecule has 0 spiro atoms. The van der Waals surface area contributed by atoms with Crippen LogP contribution in [0.5, 0.6) is 0 Å². The molecule has 0 unspecified atom stereocenters. The zero-order chi connectivity index (χ0) is 18.1. The third-order valence-corrected chi connectivity index (χ3v) is 4.29. The molecule has 7 heteroatoms. The first-order valence-electron chi connectivity index (χ1n) is 8.56. The molecule has 0 bridgehead atoms. The third-order valence-electron chi connectivity index (χ3n) is 4.29. The fourth-order valence-electron chi connectivity index (χ4n) is 3.01. The Labute approximate surface area is 154 Å². The number of nitrogens with zero attached hydrogens (tertiary/aromatic N) is 6. The van der Waals surface area contributed by atoms with E-state index < -0.39 is 0 Å². The van der Waals surface area contributed by atoms with Gasteiger partial charge in [0.25, 0.3) is 0 Å². The summed E-state index contributed by atoms with van der Waals surface area (Å²) in [4.78, 5) is 13.1. The van der Waals surface area contributed by atoms with Crippen molar-refractivity contribution in [3.8, 4) is 0 Å². The Balaban J connectivity index is 1.48. The van der Waals surface area contributed by atoms with Crippen LogP contribution in [0.25, 0.3) is 22.1 Å². The highest BCUT2D eigenvalue weighted by Crippen LogP contribution is 2.19. The summed E-state index contributed by atoms with van der Waals surface area (Å²) in [6.07, 6.45) is 5.29. The first kappa shape index (κ1) is 15.4. The summed E-state index contributed by atoms with van der Waals surface area (Å²) in [6, 6.07) is 17.8. The van der Waals surface area contributed by atoms with Crippen LogP contribution in [0, 0.1) is 0 Å². The molecule has 27 heavy (non-hydrogen) atoms. The van der Waals surface area contributed by atoms with E-state index in [0.29, 0.717) is 6.54 Å². The largest absolute Gasteiger partial charge is 0.339 e. The minimum atomic E-state index is 0.588. The number of rotatable bonds is 4. The van der Waals surface area contributed by atoms with E-state index in [9.17, 15) is 0 Å². The van der Waals surface area contributed by atoms with E-state index in [4.69, 9.17) is 0 Å². The Bertz CT molecular complexity index is 1230. The van der Waals surface area contributed by atoms with Crippen LogP contribution >= 0.6 is 0 Å². The lowest BCUT2D eigenvalue weighted by molar-refractivity contribution is 0.665. The number of pyridine rings is 3. The number of anilines is 2. The smallest absolute Gasteiger partial charge is 0.180 e. The van der Waals surface area contributed by atoms with Gasteiger partial charge in [-0.1, -0.05) is 17.3 Å². The lowest BCUT2D eigenvalue weighted by Crippen LogP contribution is -2.04. The normalized spacial score (nSPS) is 11.1. The van der Waals surface area contributed by atoms with Crippen LogP contribution in [0.1, 0.15) is 5.56 Å². The molecule has 0 atom stereocenters. The Morgan fingerprint density at radius 2 is 1.85 bits per heavy atom. The summed E-state index contributed by atoms with van der Waals surface area (Å²) in [5, 5.41) is 12.8. The van der Waals surface area contributed by atoms with E-state index in [1.54, 1.807) is 23.3 Å². The number of nitrogens with one attached hydrogen (secondary N) is 1. The summed E-state index contributed by atoms with van der Waals surface area (Å²) in [5.74, 6) is 0.724. The van der Waals surface area contributed by atoms with Gasteiger partial charge in [0, 0.05) is 17.8 Å². The molecule has 0 aliphatic heterocycles. The molecule has 0 radical (unpaired) electrons. The molecule has 1 aromatic carbocycles. The average molecular weight is 353 g/mol. The van der Waals surface area contributed by atoms with E-state index in [0.717, 1.165) is 39.1 Å². The first-order chi connectivity index (χ1) is 13.3. The summed E-state index contributed by atoms with van der Waals surface area (Å²) in [7, 11) is 0. The van der Waals surface area contributed by atoms with E-state index in [2.05, 4.69) is 48.8 Å². The predicted octanol–water partition coefficient (Wildman–Crippen LogP) is 3.56. The lowest BCUT2D eigenvalue weighted by atomic mass is 10.1. The third kappa shape index (κ3) is 3.06. The summed E-state index contributed by atoms with van der Waals surface area (Å²) < 4.78 is 1.81. The van der Waals surface area contributed by atoms with Gasteiger partial charge in [0.15, 0.2) is 5.65 Å². The Morgan fingerprint density at radius 1 is 0.926 bits per heavy atom. The molecule has 0 saturated carbocycles. The van der Waals surface area contributed by atoms with Crippen LogP contribution in [-0.2, 0) is 6.54 Å². The van der Waals surface area contributed by atoms with Crippen LogP contribution in [0.2, 0.25) is 0 Å². The molecule has 0 aliphatic rings. The molecule has 0 amide bonds. The van der Waals surface area contributed by atoms with E-state index >= 15 is 0 Å². The van der Waals surface area contributed by atoms with Crippen molar-refractivity contribution >= 4 is 33.6 Å².